The normalized spacial score (nSPS) is 14.3. The quantitative estimate of drug-likeness (QED) is 0.137. The predicted molar refractivity (Wildman–Crippen MR) is 346 cm³/mol. The second-order valence-electron chi connectivity index (χ2n) is 23.1. The molecule has 5 nitrogen and oxygen atoms in total. The molecule has 2 saturated carbocycles. The highest BCUT2D eigenvalue weighted by Gasteiger charge is 2.31. The van der Waals surface area contributed by atoms with Gasteiger partial charge in [-0.25, -0.2) is 0 Å². The van der Waals surface area contributed by atoms with E-state index in [1.165, 1.54) is 62.5 Å². The Morgan fingerprint density at radius 1 is 0.241 bits per heavy atom. The fourth-order valence-corrected chi connectivity index (χ4v) is 14.7. The Bertz CT molecular complexity index is 4700. The smallest absolute Gasteiger partial charge is 0.159 e. The molecule has 0 amide bonds. The van der Waals surface area contributed by atoms with Crippen molar-refractivity contribution in [1.29, 1.82) is 0 Å². The van der Waals surface area contributed by atoms with Crippen LogP contribution in [0.4, 0.5) is 34.1 Å². The zero-order chi connectivity index (χ0) is 54.5. The Morgan fingerprint density at radius 2 is 0.554 bits per heavy atom. The maximum atomic E-state index is 7.43. The summed E-state index contributed by atoms with van der Waals surface area (Å²) in [5.74, 6) is 0.978. The van der Waals surface area contributed by atoms with Crippen molar-refractivity contribution in [2.75, 3.05) is 9.80 Å². The first-order chi connectivity index (χ1) is 41.2. The molecular formula is C78H58N2O3. The lowest BCUT2D eigenvalue weighted by Crippen LogP contribution is -2.12. The first kappa shape index (κ1) is 47.9. The Labute approximate surface area is 481 Å². The lowest BCUT2D eigenvalue weighted by Gasteiger charge is -2.29. The third-order valence-electron chi connectivity index (χ3n) is 18.5. The molecule has 2 fully saturated rings. The second-order valence-corrected chi connectivity index (χ2v) is 23.1. The van der Waals surface area contributed by atoms with Gasteiger partial charge >= 0.3 is 0 Å². The van der Waals surface area contributed by atoms with E-state index in [1.54, 1.807) is 0 Å². The summed E-state index contributed by atoms with van der Waals surface area (Å²) in [4.78, 5) is 4.94. The Hall–Kier alpha value is -9.84. The van der Waals surface area contributed by atoms with E-state index in [-0.39, 0.29) is 0 Å². The van der Waals surface area contributed by atoms with Gasteiger partial charge in [-0.05, 0) is 96.2 Å². The van der Waals surface area contributed by atoms with Crippen molar-refractivity contribution in [1.82, 2.24) is 0 Å². The van der Waals surface area contributed by atoms with Gasteiger partial charge in [-0.3, -0.25) is 0 Å². The zero-order valence-electron chi connectivity index (χ0n) is 46.0. The first-order valence-corrected chi connectivity index (χ1v) is 29.8. The van der Waals surface area contributed by atoms with Crippen molar-refractivity contribution < 1.29 is 13.3 Å². The van der Waals surface area contributed by atoms with Crippen LogP contribution in [0.15, 0.2) is 256 Å². The molecule has 398 valence electrons. The minimum absolute atomic E-state index is 0.489. The van der Waals surface area contributed by atoms with Gasteiger partial charge in [0.1, 0.15) is 22.3 Å². The Balaban J connectivity index is 0.967. The minimum atomic E-state index is 0.489. The highest BCUT2D eigenvalue weighted by Crippen LogP contribution is 2.54. The van der Waals surface area contributed by atoms with Crippen molar-refractivity contribution in [3.63, 3.8) is 0 Å². The van der Waals surface area contributed by atoms with E-state index in [0.717, 1.165) is 144 Å². The van der Waals surface area contributed by atoms with Crippen molar-refractivity contribution in [3.8, 4) is 22.3 Å². The lowest BCUT2D eigenvalue weighted by atomic mass is 9.95. The van der Waals surface area contributed by atoms with E-state index in [1.807, 2.05) is 0 Å². The van der Waals surface area contributed by atoms with Gasteiger partial charge in [0.05, 0.1) is 34.1 Å². The molecule has 0 aliphatic heterocycles. The highest BCUT2D eigenvalue weighted by molar-refractivity contribution is 6.26. The summed E-state index contributed by atoms with van der Waals surface area (Å²) in [6, 6.07) is 88.5. The van der Waals surface area contributed by atoms with Gasteiger partial charge in [-0.2, -0.15) is 0 Å². The first-order valence-electron chi connectivity index (χ1n) is 29.8. The van der Waals surface area contributed by atoms with Crippen LogP contribution in [-0.2, 0) is 0 Å². The largest absolute Gasteiger partial charge is 0.455 e. The van der Waals surface area contributed by atoms with Crippen LogP contribution in [0.25, 0.3) is 110 Å². The summed E-state index contributed by atoms with van der Waals surface area (Å²) < 4.78 is 22.2. The van der Waals surface area contributed by atoms with Crippen LogP contribution >= 0.6 is 0 Å². The van der Waals surface area contributed by atoms with Crippen LogP contribution in [0, 0.1) is 0 Å². The summed E-state index contributed by atoms with van der Waals surface area (Å²) in [6.45, 7) is 0. The maximum Gasteiger partial charge on any atom is 0.159 e. The third kappa shape index (κ3) is 7.60. The molecule has 17 rings (SSSR count). The number of para-hydroxylation sites is 6. The van der Waals surface area contributed by atoms with Gasteiger partial charge < -0.3 is 23.1 Å². The lowest BCUT2D eigenvalue weighted by molar-refractivity contribution is 0.643. The van der Waals surface area contributed by atoms with Crippen molar-refractivity contribution in [2.45, 2.75) is 63.2 Å². The van der Waals surface area contributed by atoms with Gasteiger partial charge in [0.25, 0.3) is 0 Å². The van der Waals surface area contributed by atoms with Crippen LogP contribution in [0.5, 0.6) is 0 Å². The van der Waals surface area contributed by atoms with E-state index in [9.17, 15) is 0 Å². The van der Waals surface area contributed by atoms with Gasteiger partial charge in [0.15, 0.2) is 11.2 Å². The van der Waals surface area contributed by atoms with E-state index >= 15 is 0 Å². The molecule has 5 heteroatoms. The van der Waals surface area contributed by atoms with Gasteiger partial charge in [0, 0.05) is 65.0 Å². The highest BCUT2D eigenvalue weighted by atomic mass is 16.3. The van der Waals surface area contributed by atoms with Crippen LogP contribution < -0.4 is 9.80 Å². The molecule has 3 aromatic heterocycles. The van der Waals surface area contributed by atoms with Crippen molar-refractivity contribution in [3.05, 3.63) is 254 Å². The number of nitrogens with zero attached hydrogens (tertiary/aromatic N) is 2. The fourth-order valence-electron chi connectivity index (χ4n) is 14.7. The average Bonchev–Trinajstić information content (AvgIpc) is 2.15. The average molecular weight is 1070 g/mol. The maximum absolute atomic E-state index is 7.43. The zero-order valence-corrected chi connectivity index (χ0v) is 46.0. The van der Waals surface area contributed by atoms with Crippen molar-refractivity contribution >= 4 is 121 Å². The number of hydrogen-bond donors (Lipinski definition) is 0. The van der Waals surface area contributed by atoms with Crippen molar-refractivity contribution in [2.24, 2.45) is 0 Å². The summed E-state index contributed by atoms with van der Waals surface area (Å²) in [5, 5.41) is 10.8. The summed E-state index contributed by atoms with van der Waals surface area (Å²) in [6.07, 6.45) is 9.77. The number of hydrogen-bond acceptors (Lipinski definition) is 5. The second kappa shape index (κ2) is 19.4. The molecule has 0 N–H and O–H groups in total. The summed E-state index contributed by atoms with van der Waals surface area (Å²) >= 11 is 0. The Morgan fingerprint density at radius 3 is 0.988 bits per heavy atom. The van der Waals surface area contributed by atoms with Gasteiger partial charge in [-0.1, -0.05) is 232 Å². The van der Waals surface area contributed by atoms with Crippen LogP contribution in [0.1, 0.15) is 74.3 Å². The molecule has 2 aliphatic rings. The monoisotopic (exact) mass is 1070 g/mol. The summed E-state index contributed by atoms with van der Waals surface area (Å²) in [7, 11) is 0. The van der Waals surface area contributed by atoms with Crippen LogP contribution in [-0.4, -0.2) is 0 Å². The number of benzene rings is 12. The van der Waals surface area contributed by atoms with E-state index in [0.29, 0.717) is 11.8 Å². The molecule has 0 radical (unpaired) electrons. The number of rotatable bonds is 10. The fraction of sp³-hybridized carbons (Fsp3) is 0.128. The van der Waals surface area contributed by atoms with E-state index < -0.39 is 0 Å². The standard InChI is InChI=1S/C78H58N2O3/c1-3-23-49(24-4-1)53-31-15-17-43-67(53)79(69-45-21-41-63-61-39-19-37-55(51-27-7-8-28-51)73(61)82-77(63)69)71-47-65-66-48-72(58-34-12-14-36-60(58)76(66)81-75(65)59-35-13-11-33-57(59)71)80(68-44-18-16-32-54(68)50-25-5-2-6-26-50)70-46-22-42-64-62-40-20-38-56(52-29-9-10-30-52)74(62)83-78(64)70/h1-6,11-26,31-48,51-52H,7-10,27-30H2. The molecule has 0 spiro atoms. The molecule has 0 atom stereocenters. The van der Waals surface area contributed by atoms with Gasteiger partial charge in [0.2, 0.25) is 0 Å². The van der Waals surface area contributed by atoms with E-state index in [4.69, 9.17) is 13.3 Å². The van der Waals surface area contributed by atoms with Crippen LogP contribution in [0.2, 0.25) is 0 Å². The third-order valence-corrected chi connectivity index (χ3v) is 18.5. The SMILES string of the molecule is c1ccc(-c2ccccc2N(c2cc3c4cc(N(c5ccccc5-c5ccccc5)c5cccc6c5oc5c(C7CCCC7)cccc56)c5ccccc5c4oc3c3ccccc23)c2cccc3c2oc2c(C4CCCC4)cccc23)cc1. The molecule has 0 unspecified atom stereocenters. The molecule has 0 saturated heterocycles. The Kier molecular flexibility index (Phi) is 11.2. The molecular weight excluding hydrogens is 1010 g/mol. The van der Waals surface area contributed by atoms with Gasteiger partial charge in [-0.15, -0.1) is 0 Å². The van der Waals surface area contributed by atoms with Crippen LogP contribution in [0.3, 0.4) is 0 Å². The number of furan rings is 3. The predicted octanol–water partition coefficient (Wildman–Crippen LogP) is 23.3. The molecule has 3 heterocycles. The molecule has 15 aromatic rings. The topological polar surface area (TPSA) is 45.9 Å². The summed E-state index contributed by atoms with van der Waals surface area (Å²) in [5.41, 5.74) is 18.7. The molecule has 12 aromatic carbocycles. The molecule has 83 heavy (non-hydrogen) atoms. The minimum Gasteiger partial charge on any atom is -0.455 e. The molecule has 0 bridgehead atoms. The molecule has 2 aliphatic carbocycles. The van der Waals surface area contributed by atoms with E-state index in [2.05, 4.69) is 252 Å². The number of anilines is 6. The number of fused-ring (bicyclic) bond motifs is 13.